The van der Waals surface area contributed by atoms with E-state index >= 15 is 0 Å². The van der Waals surface area contributed by atoms with Gasteiger partial charge in [0.25, 0.3) is 0 Å². The third-order valence-corrected chi connectivity index (χ3v) is 6.91. The fraction of sp³-hybridized carbons (Fsp3) is 0.344. The number of aryl methyl sites for hydroxylation is 1. The Labute approximate surface area is 233 Å². The first-order chi connectivity index (χ1) is 18.6. The van der Waals surface area contributed by atoms with Gasteiger partial charge in [-0.05, 0) is 89.0 Å². The monoisotopic (exact) mass is 526 g/mol. The van der Waals surface area contributed by atoms with Crippen LogP contribution in [0, 0.1) is 12.3 Å². The predicted octanol–water partition coefficient (Wildman–Crippen LogP) is 6.38. The Morgan fingerprint density at radius 2 is 1.85 bits per heavy atom. The lowest BCUT2D eigenvalue weighted by Gasteiger charge is -2.27. The number of hydrogen-bond donors (Lipinski definition) is 4. The molecular weight excluding hydrogens is 484 g/mol. The molecule has 0 aliphatic heterocycles. The standard InChI is InChI=1S/C32H42N6O/c1-8-23(3)24(4)32(5,6)30(39)35-20-25-13-15-26(16-14-25)28-21-36-31(37-27-12-9-11-22(2)19-27)38-29(28)34-18-10-17-33-7/h8-9,11-16,19,21,33H,4,10,17-18,20H2,1-3,5-7H3,(H,35,39)(H2,34,36,37,38)/b23-8-. The summed E-state index contributed by atoms with van der Waals surface area (Å²) >= 11 is 0. The molecular formula is C32H42N6O. The number of hydrogen-bond acceptors (Lipinski definition) is 6. The molecule has 0 aliphatic rings. The molecule has 4 N–H and O–H groups in total. The Bertz CT molecular complexity index is 1310. The number of amides is 1. The molecule has 0 bridgehead atoms. The molecule has 0 atom stereocenters. The highest BCUT2D eigenvalue weighted by molar-refractivity contribution is 5.86. The lowest BCUT2D eigenvalue weighted by atomic mass is 9.80. The van der Waals surface area contributed by atoms with Gasteiger partial charge < -0.3 is 21.3 Å². The minimum Gasteiger partial charge on any atom is -0.369 e. The second-order valence-corrected chi connectivity index (χ2v) is 10.3. The zero-order valence-electron chi connectivity index (χ0n) is 24.1. The average Bonchev–Trinajstić information content (AvgIpc) is 2.93. The quantitative estimate of drug-likeness (QED) is 0.153. The summed E-state index contributed by atoms with van der Waals surface area (Å²) in [5, 5.41) is 13.0. The van der Waals surface area contributed by atoms with E-state index in [-0.39, 0.29) is 5.91 Å². The summed E-state index contributed by atoms with van der Waals surface area (Å²) in [4.78, 5) is 22.3. The van der Waals surface area contributed by atoms with Gasteiger partial charge in [0.05, 0.1) is 5.41 Å². The number of carbonyl (C=O) groups is 1. The molecule has 1 heterocycles. The van der Waals surface area contributed by atoms with Crippen molar-refractivity contribution in [2.45, 2.75) is 47.6 Å². The number of nitrogens with one attached hydrogen (secondary N) is 4. The zero-order chi connectivity index (χ0) is 28.4. The highest BCUT2D eigenvalue weighted by Crippen LogP contribution is 2.31. The van der Waals surface area contributed by atoms with Gasteiger partial charge in [-0.15, -0.1) is 0 Å². The van der Waals surface area contributed by atoms with Crippen LogP contribution in [-0.2, 0) is 11.3 Å². The van der Waals surface area contributed by atoms with Gasteiger partial charge in [-0.25, -0.2) is 4.98 Å². The van der Waals surface area contributed by atoms with Gasteiger partial charge >= 0.3 is 0 Å². The van der Waals surface area contributed by atoms with Crippen LogP contribution in [0.5, 0.6) is 0 Å². The molecule has 2 aromatic carbocycles. The van der Waals surface area contributed by atoms with Crippen molar-refractivity contribution < 1.29 is 4.79 Å². The van der Waals surface area contributed by atoms with E-state index in [0.717, 1.165) is 58.9 Å². The van der Waals surface area contributed by atoms with Crippen LogP contribution in [-0.4, -0.2) is 36.0 Å². The molecule has 1 amide bonds. The largest absolute Gasteiger partial charge is 0.369 e. The van der Waals surface area contributed by atoms with Crippen molar-refractivity contribution in [3.8, 4) is 11.1 Å². The number of allylic oxidation sites excluding steroid dienone is 2. The molecule has 3 aromatic rings. The number of carbonyl (C=O) groups excluding carboxylic acids is 1. The first kappa shape index (κ1) is 29.6. The van der Waals surface area contributed by atoms with E-state index in [1.165, 1.54) is 5.56 Å². The Morgan fingerprint density at radius 3 is 2.51 bits per heavy atom. The second-order valence-electron chi connectivity index (χ2n) is 10.3. The van der Waals surface area contributed by atoms with Crippen LogP contribution in [0.2, 0.25) is 0 Å². The van der Waals surface area contributed by atoms with Gasteiger partial charge in [-0.2, -0.15) is 4.98 Å². The molecule has 0 fully saturated rings. The van der Waals surface area contributed by atoms with Crippen molar-refractivity contribution in [2.75, 3.05) is 30.8 Å². The molecule has 39 heavy (non-hydrogen) atoms. The molecule has 0 saturated heterocycles. The first-order valence-corrected chi connectivity index (χ1v) is 13.4. The summed E-state index contributed by atoms with van der Waals surface area (Å²) in [6.07, 6.45) is 4.80. The Hall–Kier alpha value is -3.97. The number of benzene rings is 2. The normalized spacial score (nSPS) is 11.7. The number of rotatable bonds is 13. The Morgan fingerprint density at radius 1 is 1.10 bits per heavy atom. The van der Waals surface area contributed by atoms with Crippen molar-refractivity contribution >= 4 is 23.4 Å². The van der Waals surface area contributed by atoms with Crippen LogP contribution in [0.15, 0.2) is 78.5 Å². The molecule has 3 rings (SSSR count). The smallest absolute Gasteiger partial charge is 0.230 e. The molecule has 7 heteroatoms. The summed E-state index contributed by atoms with van der Waals surface area (Å²) in [7, 11) is 1.95. The average molecular weight is 527 g/mol. The minimum absolute atomic E-state index is 0.0454. The van der Waals surface area contributed by atoms with E-state index in [2.05, 4.69) is 51.9 Å². The predicted molar refractivity (Wildman–Crippen MR) is 163 cm³/mol. The van der Waals surface area contributed by atoms with Crippen molar-refractivity contribution in [1.82, 2.24) is 20.6 Å². The summed E-state index contributed by atoms with van der Waals surface area (Å²) in [5.41, 5.74) is 6.21. The Kier molecular flexibility index (Phi) is 10.4. The van der Waals surface area contributed by atoms with E-state index in [1.54, 1.807) is 0 Å². The maximum absolute atomic E-state index is 12.9. The molecule has 0 aliphatic carbocycles. The summed E-state index contributed by atoms with van der Waals surface area (Å²) in [6.45, 7) is 16.1. The van der Waals surface area contributed by atoms with Crippen LogP contribution in [0.3, 0.4) is 0 Å². The molecule has 206 valence electrons. The lowest BCUT2D eigenvalue weighted by molar-refractivity contribution is -0.127. The van der Waals surface area contributed by atoms with Gasteiger partial charge in [0.1, 0.15) is 5.82 Å². The van der Waals surface area contributed by atoms with Crippen molar-refractivity contribution in [3.63, 3.8) is 0 Å². The molecule has 0 spiro atoms. The van der Waals surface area contributed by atoms with Crippen LogP contribution < -0.4 is 21.3 Å². The van der Waals surface area contributed by atoms with Crippen LogP contribution >= 0.6 is 0 Å². The SMILES string of the molecule is C=C(/C(C)=C\C)C(C)(C)C(=O)NCc1ccc(-c2cnc(Nc3cccc(C)c3)nc2NCCCNC)cc1. The molecule has 1 aromatic heterocycles. The van der Waals surface area contributed by atoms with Crippen LogP contribution in [0.25, 0.3) is 11.1 Å². The van der Waals surface area contributed by atoms with E-state index in [0.29, 0.717) is 12.5 Å². The van der Waals surface area contributed by atoms with Gasteiger partial charge in [-0.1, -0.05) is 54.6 Å². The molecule has 0 radical (unpaired) electrons. The number of anilines is 3. The Balaban J connectivity index is 1.75. The summed E-state index contributed by atoms with van der Waals surface area (Å²) < 4.78 is 0. The van der Waals surface area contributed by atoms with E-state index in [9.17, 15) is 4.79 Å². The minimum atomic E-state index is -0.685. The summed E-state index contributed by atoms with van der Waals surface area (Å²) in [5.74, 6) is 1.27. The third-order valence-electron chi connectivity index (χ3n) is 6.91. The first-order valence-electron chi connectivity index (χ1n) is 13.4. The van der Waals surface area contributed by atoms with E-state index in [1.807, 2.05) is 83.4 Å². The highest BCUT2D eigenvalue weighted by atomic mass is 16.2. The molecule has 0 saturated carbocycles. The molecule has 0 unspecified atom stereocenters. The number of aromatic nitrogens is 2. The highest BCUT2D eigenvalue weighted by Gasteiger charge is 2.31. The fourth-order valence-electron chi connectivity index (χ4n) is 4.12. The van der Waals surface area contributed by atoms with Crippen molar-refractivity contribution in [1.29, 1.82) is 0 Å². The van der Waals surface area contributed by atoms with Crippen molar-refractivity contribution in [3.05, 3.63) is 89.7 Å². The van der Waals surface area contributed by atoms with Gasteiger partial charge in [0.15, 0.2) is 0 Å². The molecule has 7 nitrogen and oxygen atoms in total. The van der Waals surface area contributed by atoms with Crippen LogP contribution in [0.1, 0.15) is 45.2 Å². The van der Waals surface area contributed by atoms with Gasteiger partial charge in [0, 0.05) is 30.5 Å². The fourth-order valence-corrected chi connectivity index (χ4v) is 4.12. The van der Waals surface area contributed by atoms with Gasteiger partial charge in [-0.3, -0.25) is 4.79 Å². The van der Waals surface area contributed by atoms with E-state index < -0.39 is 5.41 Å². The third kappa shape index (κ3) is 8.01. The van der Waals surface area contributed by atoms with E-state index in [4.69, 9.17) is 4.98 Å². The maximum atomic E-state index is 12.9. The lowest BCUT2D eigenvalue weighted by Crippen LogP contribution is -2.37. The maximum Gasteiger partial charge on any atom is 0.230 e. The second kappa shape index (κ2) is 13.7. The van der Waals surface area contributed by atoms with Crippen LogP contribution in [0.4, 0.5) is 17.5 Å². The van der Waals surface area contributed by atoms with Crippen molar-refractivity contribution in [2.24, 2.45) is 5.41 Å². The number of nitrogens with zero attached hydrogens (tertiary/aromatic N) is 2. The van der Waals surface area contributed by atoms with Gasteiger partial charge in [0.2, 0.25) is 11.9 Å². The zero-order valence-corrected chi connectivity index (χ0v) is 24.1. The summed E-state index contributed by atoms with van der Waals surface area (Å²) in [6, 6.07) is 16.3. The topological polar surface area (TPSA) is 91.0 Å².